The van der Waals surface area contributed by atoms with E-state index in [9.17, 15) is 9.59 Å². The van der Waals surface area contributed by atoms with E-state index < -0.39 is 5.25 Å². The van der Waals surface area contributed by atoms with Crippen molar-refractivity contribution in [2.75, 3.05) is 11.9 Å². The van der Waals surface area contributed by atoms with Crippen molar-refractivity contribution in [1.29, 1.82) is 0 Å². The average Bonchev–Trinajstić information content (AvgIpc) is 2.83. The predicted molar refractivity (Wildman–Crippen MR) is 149 cm³/mol. The zero-order valence-electron chi connectivity index (χ0n) is 18.3. The van der Waals surface area contributed by atoms with E-state index in [1.54, 1.807) is 17.0 Å². The Kier molecular flexibility index (Phi) is 8.64. The van der Waals surface area contributed by atoms with Crippen molar-refractivity contribution < 1.29 is 9.59 Å². The second kappa shape index (κ2) is 11.9. The average molecular weight is 604 g/mol. The molecule has 174 valence electrons. The number of rotatable bonds is 7. The molecular weight excluding hydrogens is 581 g/mol. The molecule has 5 nitrogen and oxygen atoms in total. The zero-order valence-corrected chi connectivity index (χ0v) is 22.0. The van der Waals surface area contributed by atoms with E-state index in [1.807, 2.05) is 54.6 Å². The first-order chi connectivity index (χ1) is 16.5. The first-order valence-corrected chi connectivity index (χ1v) is 13.2. The molecule has 0 radical (unpaired) electrons. The number of hydrogen-bond donors (Lipinski definition) is 1. The number of carbonyl (C=O) groups excluding carboxylic acids is 2. The van der Waals surface area contributed by atoms with Crippen LogP contribution in [-0.2, 0) is 16.0 Å². The highest BCUT2D eigenvalue weighted by Crippen LogP contribution is 2.31. The number of halogens is 2. The van der Waals surface area contributed by atoms with Gasteiger partial charge in [-0.05, 0) is 83.5 Å². The SMILES string of the molecule is O=C(Nc1ccc(I)cc1)C1CC(=O)N(CCCc2ccccc2)C(=Nc2cccc(Cl)c2)S1. The van der Waals surface area contributed by atoms with Gasteiger partial charge in [-0.25, -0.2) is 4.99 Å². The summed E-state index contributed by atoms with van der Waals surface area (Å²) >= 11 is 9.67. The number of nitrogens with zero attached hydrogens (tertiary/aromatic N) is 2. The third-order valence-corrected chi connectivity index (χ3v) is 7.41. The van der Waals surface area contributed by atoms with Crippen LogP contribution in [0.1, 0.15) is 18.4 Å². The van der Waals surface area contributed by atoms with Crippen molar-refractivity contribution in [2.45, 2.75) is 24.5 Å². The second-order valence-corrected chi connectivity index (χ2v) is 10.7. The minimum Gasteiger partial charge on any atom is -0.325 e. The number of anilines is 1. The van der Waals surface area contributed by atoms with Gasteiger partial charge >= 0.3 is 0 Å². The number of aryl methyl sites for hydroxylation is 1. The molecule has 3 aromatic carbocycles. The topological polar surface area (TPSA) is 61.8 Å². The van der Waals surface area contributed by atoms with E-state index in [4.69, 9.17) is 16.6 Å². The Labute approximate surface area is 222 Å². The highest BCUT2D eigenvalue weighted by molar-refractivity contribution is 14.1. The van der Waals surface area contributed by atoms with E-state index in [-0.39, 0.29) is 18.2 Å². The fraction of sp³-hybridized carbons (Fsp3) is 0.192. The minimum absolute atomic E-state index is 0.102. The highest BCUT2D eigenvalue weighted by Gasteiger charge is 2.35. The Bertz CT molecular complexity index is 1190. The van der Waals surface area contributed by atoms with Crippen molar-refractivity contribution in [3.05, 3.63) is 93.0 Å². The van der Waals surface area contributed by atoms with Gasteiger partial charge in [0.25, 0.3) is 0 Å². The van der Waals surface area contributed by atoms with Crippen LogP contribution in [-0.4, -0.2) is 33.7 Å². The first-order valence-electron chi connectivity index (χ1n) is 10.9. The molecule has 1 heterocycles. The number of nitrogens with one attached hydrogen (secondary N) is 1. The number of aliphatic imine (C=N–C) groups is 1. The summed E-state index contributed by atoms with van der Waals surface area (Å²) < 4.78 is 1.08. The van der Waals surface area contributed by atoms with E-state index in [0.29, 0.717) is 28.1 Å². The van der Waals surface area contributed by atoms with E-state index in [1.165, 1.54) is 17.3 Å². The Balaban J connectivity index is 1.51. The summed E-state index contributed by atoms with van der Waals surface area (Å²) in [6, 6.07) is 24.9. The van der Waals surface area contributed by atoms with E-state index >= 15 is 0 Å². The first kappa shape index (κ1) is 24.8. The molecule has 0 saturated carbocycles. The minimum atomic E-state index is -0.560. The fourth-order valence-electron chi connectivity index (χ4n) is 3.56. The van der Waals surface area contributed by atoms with Crippen LogP contribution in [0, 0.1) is 3.57 Å². The quantitative estimate of drug-likeness (QED) is 0.312. The van der Waals surface area contributed by atoms with Crippen LogP contribution in [0.4, 0.5) is 11.4 Å². The third kappa shape index (κ3) is 6.84. The van der Waals surface area contributed by atoms with Crippen LogP contribution in [0.5, 0.6) is 0 Å². The summed E-state index contributed by atoms with van der Waals surface area (Å²) in [6.07, 6.45) is 1.78. The normalized spacial score (nSPS) is 17.1. The van der Waals surface area contributed by atoms with Gasteiger partial charge in [-0.1, -0.05) is 59.8 Å². The van der Waals surface area contributed by atoms with Crippen molar-refractivity contribution in [1.82, 2.24) is 4.90 Å². The summed E-state index contributed by atoms with van der Waals surface area (Å²) in [5.74, 6) is -0.308. The third-order valence-electron chi connectivity index (χ3n) is 5.27. The molecule has 0 aromatic heterocycles. The van der Waals surface area contributed by atoms with Gasteiger partial charge in [0.05, 0.1) is 5.69 Å². The van der Waals surface area contributed by atoms with Gasteiger partial charge in [0, 0.05) is 27.2 Å². The van der Waals surface area contributed by atoms with E-state index in [0.717, 1.165) is 16.4 Å². The molecule has 4 rings (SSSR count). The fourth-order valence-corrected chi connectivity index (χ4v) is 5.23. The van der Waals surface area contributed by atoms with Crippen molar-refractivity contribution in [3.63, 3.8) is 0 Å². The summed E-state index contributed by atoms with van der Waals surface area (Å²) in [5.41, 5.74) is 2.58. The standard InChI is InChI=1S/C26H23ClIN3O2S/c27-19-9-4-10-22(16-19)30-26-31(15-5-8-18-6-2-1-3-7-18)24(32)17-23(34-26)25(33)29-21-13-11-20(28)12-14-21/h1-4,6-7,9-14,16,23H,5,8,15,17H2,(H,29,33). The van der Waals surface area contributed by atoms with Crippen molar-refractivity contribution >= 4 is 74.3 Å². The van der Waals surface area contributed by atoms with E-state index in [2.05, 4.69) is 40.0 Å². The van der Waals surface area contributed by atoms with Gasteiger partial charge in [0.2, 0.25) is 11.8 Å². The number of hydrogen-bond acceptors (Lipinski definition) is 4. The molecule has 0 spiro atoms. The lowest BCUT2D eigenvalue weighted by Gasteiger charge is -2.32. The molecule has 2 amide bonds. The van der Waals surface area contributed by atoms with Gasteiger partial charge < -0.3 is 5.32 Å². The summed E-state index contributed by atoms with van der Waals surface area (Å²) in [4.78, 5) is 32.5. The molecule has 1 aliphatic heterocycles. The smallest absolute Gasteiger partial charge is 0.238 e. The highest BCUT2D eigenvalue weighted by atomic mass is 127. The Morgan fingerprint density at radius 3 is 2.59 bits per heavy atom. The monoisotopic (exact) mass is 603 g/mol. The van der Waals surface area contributed by atoms with Gasteiger partial charge in [-0.3, -0.25) is 14.5 Å². The van der Waals surface area contributed by atoms with Crippen molar-refractivity contribution in [2.24, 2.45) is 4.99 Å². The van der Waals surface area contributed by atoms with Crippen LogP contribution in [0.25, 0.3) is 0 Å². The Morgan fingerprint density at radius 2 is 1.85 bits per heavy atom. The molecule has 1 aliphatic rings. The van der Waals surface area contributed by atoms with Gasteiger partial charge in [0.15, 0.2) is 5.17 Å². The molecule has 0 bridgehead atoms. The molecule has 1 N–H and O–H groups in total. The number of amidine groups is 1. The Morgan fingerprint density at radius 1 is 1.09 bits per heavy atom. The molecule has 1 saturated heterocycles. The predicted octanol–water partition coefficient (Wildman–Crippen LogP) is 6.54. The summed E-state index contributed by atoms with van der Waals surface area (Å²) in [5, 5.41) is 3.45. The lowest BCUT2D eigenvalue weighted by atomic mass is 10.1. The van der Waals surface area contributed by atoms with Crippen LogP contribution < -0.4 is 5.32 Å². The van der Waals surface area contributed by atoms with Crippen LogP contribution in [0.3, 0.4) is 0 Å². The second-order valence-electron chi connectivity index (χ2n) is 7.82. The lowest BCUT2D eigenvalue weighted by Crippen LogP contribution is -2.45. The number of benzene rings is 3. The van der Waals surface area contributed by atoms with Crippen LogP contribution >= 0.6 is 46.0 Å². The largest absolute Gasteiger partial charge is 0.325 e. The van der Waals surface area contributed by atoms with Crippen LogP contribution in [0.2, 0.25) is 5.02 Å². The zero-order chi connectivity index (χ0) is 23.9. The maximum atomic E-state index is 13.1. The Hall–Kier alpha value is -2.36. The molecular formula is C26H23ClIN3O2S. The molecule has 34 heavy (non-hydrogen) atoms. The molecule has 1 unspecified atom stereocenters. The van der Waals surface area contributed by atoms with Crippen molar-refractivity contribution in [3.8, 4) is 0 Å². The summed E-state index contributed by atoms with van der Waals surface area (Å²) in [6.45, 7) is 0.533. The number of amides is 2. The van der Waals surface area contributed by atoms with Gasteiger partial charge in [-0.15, -0.1) is 0 Å². The molecule has 8 heteroatoms. The number of carbonyl (C=O) groups is 2. The maximum Gasteiger partial charge on any atom is 0.238 e. The summed E-state index contributed by atoms with van der Waals surface area (Å²) in [7, 11) is 0. The number of thioether (sulfide) groups is 1. The van der Waals surface area contributed by atoms with Gasteiger partial charge in [0.1, 0.15) is 5.25 Å². The lowest BCUT2D eigenvalue weighted by molar-refractivity contribution is -0.129. The molecule has 0 aliphatic carbocycles. The van der Waals surface area contributed by atoms with Crippen LogP contribution in [0.15, 0.2) is 83.9 Å². The maximum absolute atomic E-state index is 13.1. The molecule has 1 fully saturated rings. The van der Waals surface area contributed by atoms with Gasteiger partial charge in [-0.2, -0.15) is 0 Å². The molecule has 1 atom stereocenters. The molecule has 3 aromatic rings.